The third-order valence-corrected chi connectivity index (χ3v) is 7.72. The first-order chi connectivity index (χ1) is 15.6. The molecule has 3 aromatic rings. The molecule has 164 valence electrons. The van der Waals surface area contributed by atoms with E-state index in [9.17, 15) is 14.7 Å². The summed E-state index contributed by atoms with van der Waals surface area (Å²) in [5, 5.41) is 17.9. The van der Waals surface area contributed by atoms with Crippen LogP contribution in [0.5, 0.6) is 0 Å². The van der Waals surface area contributed by atoms with E-state index in [4.69, 9.17) is 9.26 Å². The van der Waals surface area contributed by atoms with Crippen molar-refractivity contribution < 1.29 is 24.0 Å². The van der Waals surface area contributed by atoms with Gasteiger partial charge >= 0.3 is 6.16 Å². The minimum atomic E-state index is -1.38. The molecule has 0 unspecified atom stereocenters. The SMILES string of the molecule is O=C(O)OC1=C(C(=O)Nc2sc3ccccc3c2-c2nc(C3CC3)no2)C2CCC1CC2. The molecular formula is C23H21N3O5S. The van der Waals surface area contributed by atoms with E-state index in [-0.39, 0.29) is 17.7 Å². The van der Waals surface area contributed by atoms with Crippen molar-refractivity contribution in [3.63, 3.8) is 0 Å². The number of anilines is 1. The van der Waals surface area contributed by atoms with Gasteiger partial charge in [0.25, 0.3) is 11.8 Å². The minimum Gasteiger partial charge on any atom is -0.449 e. The van der Waals surface area contributed by atoms with Crippen LogP contribution in [0.15, 0.2) is 40.1 Å². The lowest BCUT2D eigenvalue weighted by Gasteiger charge is -2.37. The fourth-order valence-corrected chi connectivity index (χ4v) is 6.04. The number of fused-ring (bicyclic) bond motifs is 3. The molecule has 1 aromatic carbocycles. The number of carboxylic acid groups (broad SMARTS) is 1. The molecule has 4 aliphatic carbocycles. The van der Waals surface area contributed by atoms with Gasteiger partial charge in [0.05, 0.1) is 11.1 Å². The number of nitrogens with one attached hydrogen (secondary N) is 1. The van der Waals surface area contributed by atoms with E-state index in [1.165, 1.54) is 11.3 Å². The zero-order valence-electron chi connectivity index (χ0n) is 17.2. The molecule has 1 amide bonds. The molecule has 9 heteroatoms. The Morgan fingerprint density at radius 1 is 1.06 bits per heavy atom. The quantitative estimate of drug-likeness (QED) is 0.490. The summed E-state index contributed by atoms with van der Waals surface area (Å²) in [7, 11) is 0. The van der Waals surface area contributed by atoms with Gasteiger partial charge in [-0.1, -0.05) is 23.4 Å². The number of benzene rings is 1. The van der Waals surface area contributed by atoms with Crippen molar-refractivity contribution in [3.8, 4) is 11.5 Å². The van der Waals surface area contributed by atoms with Crippen LogP contribution in [0, 0.1) is 11.8 Å². The Hall–Kier alpha value is -3.20. The van der Waals surface area contributed by atoms with E-state index >= 15 is 0 Å². The monoisotopic (exact) mass is 451 g/mol. The van der Waals surface area contributed by atoms with Crippen molar-refractivity contribution >= 4 is 38.5 Å². The number of carbonyl (C=O) groups is 2. The van der Waals surface area contributed by atoms with E-state index in [1.54, 1.807) is 0 Å². The number of carbonyl (C=O) groups excluding carboxylic acids is 1. The largest absolute Gasteiger partial charge is 0.511 e. The van der Waals surface area contributed by atoms with Gasteiger partial charge in [-0.25, -0.2) is 4.79 Å². The van der Waals surface area contributed by atoms with Gasteiger partial charge in [-0.2, -0.15) is 4.98 Å². The molecule has 2 heterocycles. The molecule has 32 heavy (non-hydrogen) atoms. The maximum atomic E-state index is 13.4. The fourth-order valence-electron chi connectivity index (χ4n) is 4.96. The maximum Gasteiger partial charge on any atom is 0.511 e. The molecule has 0 aliphatic heterocycles. The second kappa shape index (κ2) is 7.44. The maximum absolute atomic E-state index is 13.4. The summed E-state index contributed by atoms with van der Waals surface area (Å²) in [6.45, 7) is 0. The van der Waals surface area contributed by atoms with Crippen LogP contribution < -0.4 is 5.32 Å². The van der Waals surface area contributed by atoms with Crippen molar-refractivity contribution in [2.45, 2.75) is 44.4 Å². The highest BCUT2D eigenvalue weighted by Gasteiger charge is 2.41. The molecular weight excluding hydrogens is 430 g/mol. The Kier molecular flexibility index (Phi) is 4.53. The predicted molar refractivity (Wildman–Crippen MR) is 117 cm³/mol. The van der Waals surface area contributed by atoms with Crippen molar-refractivity contribution in [2.24, 2.45) is 11.8 Å². The third kappa shape index (κ3) is 3.28. The molecule has 8 nitrogen and oxygen atoms in total. The number of aromatic nitrogens is 2. The molecule has 0 spiro atoms. The van der Waals surface area contributed by atoms with Crippen molar-refractivity contribution in [1.29, 1.82) is 0 Å². The van der Waals surface area contributed by atoms with Gasteiger partial charge in [-0.15, -0.1) is 11.3 Å². The molecule has 2 N–H and O–H groups in total. The molecule has 7 rings (SSSR count). The molecule has 2 aromatic heterocycles. The first kappa shape index (κ1) is 19.5. The molecule has 0 saturated heterocycles. The summed E-state index contributed by atoms with van der Waals surface area (Å²) in [6.07, 6.45) is 4.19. The number of hydrogen-bond acceptors (Lipinski definition) is 7. The number of rotatable bonds is 5. The summed E-state index contributed by atoms with van der Waals surface area (Å²) in [6, 6.07) is 7.83. The summed E-state index contributed by atoms with van der Waals surface area (Å²) < 4.78 is 11.7. The highest BCUT2D eigenvalue weighted by atomic mass is 32.1. The van der Waals surface area contributed by atoms with Gasteiger partial charge in [0.2, 0.25) is 0 Å². The van der Waals surface area contributed by atoms with Gasteiger partial charge in [0.1, 0.15) is 10.8 Å². The van der Waals surface area contributed by atoms with Crippen LogP contribution in [-0.4, -0.2) is 27.3 Å². The Balaban J connectivity index is 1.40. The number of allylic oxidation sites excluding steroid dienone is 1. The average Bonchev–Trinajstić information content (AvgIpc) is 3.41. The lowest BCUT2D eigenvalue weighted by Crippen LogP contribution is -2.34. The van der Waals surface area contributed by atoms with Crippen LogP contribution in [-0.2, 0) is 9.53 Å². The van der Waals surface area contributed by atoms with Crippen LogP contribution in [0.1, 0.15) is 50.3 Å². The molecule has 0 radical (unpaired) electrons. The van der Waals surface area contributed by atoms with E-state index in [1.807, 2.05) is 24.3 Å². The van der Waals surface area contributed by atoms with Crippen molar-refractivity contribution in [2.75, 3.05) is 5.32 Å². The second-order valence-corrected chi connectivity index (χ2v) is 9.74. The second-order valence-electron chi connectivity index (χ2n) is 8.68. The van der Waals surface area contributed by atoms with Crippen LogP contribution in [0.2, 0.25) is 0 Å². The minimum absolute atomic E-state index is 0.0112. The van der Waals surface area contributed by atoms with Gasteiger partial charge in [-0.05, 0) is 50.5 Å². The Labute approximate surface area is 187 Å². The summed E-state index contributed by atoms with van der Waals surface area (Å²) in [5.74, 6) is 1.44. The first-order valence-electron chi connectivity index (χ1n) is 10.9. The number of amides is 1. The van der Waals surface area contributed by atoms with E-state index in [2.05, 4.69) is 15.5 Å². The van der Waals surface area contributed by atoms with Gasteiger partial charge < -0.3 is 19.7 Å². The molecule has 2 bridgehead atoms. The van der Waals surface area contributed by atoms with Gasteiger partial charge in [0, 0.05) is 21.9 Å². The number of nitrogens with zero attached hydrogens (tertiary/aromatic N) is 2. The standard InChI is InChI=1S/C23H21N3O5S/c27-20(16-11-5-7-12(8-6-11)18(16)30-23(28)29)25-22-17(14-3-1-2-4-15(14)32-22)21-24-19(26-31-21)13-9-10-13/h1-4,11-13H,5-10H2,(H,25,27)(H,28,29). The van der Waals surface area contributed by atoms with Crippen molar-refractivity contribution in [1.82, 2.24) is 10.1 Å². The number of hydrogen-bond donors (Lipinski definition) is 2. The average molecular weight is 452 g/mol. The van der Waals surface area contributed by atoms with Crippen molar-refractivity contribution in [3.05, 3.63) is 41.4 Å². The molecule has 2 fully saturated rings. The number of thiophene rings is 1. The lowest BCUT2D eigenvalue weighted by atomic mass is 9.70. The van der Waals surface area contributed by atoms with Gasteiger partial charge in [0.15, 0.2) is 5.82 Å². The molecule has 2 saturated carbocycles. The van der Waals surface area contributed by atoms with E-state index in [0.717, 1.165) is 48.6 Å². The Morgan fingerprint density at radius 2 is 1.78 bits per heavy atom. The normalized spacial score (nSPS) is 22.4. The smallest absolute Gasteiger partial charge is 0.449 e. The zero-order chi connectivity index (χ0) is 21.8. The fraction of sp³-hybridized carbons (Fsp3) is 0.391. The van der Waals surface area contributed by atoms with E-state index < -0.39 is 6.16 Å². The van der Waals surface area contributed by atoms with E-state index in [0.29, 0.717) is 39.5 Å². The first-order valence-corrected chi connectivity index (χ1v) is 11.7. The topological polar surface area (TPSA) is 115 Å². The van der Waals surface area contributed by atoms with Crippen LogP contribution in [0.3, 0.4) is 0 Å². The van der Waals surface area contributed by atoms with Crippen LogP contribution in [0.25, 0.3) is 21.5 Å². The highest BCUT2D eigenvalue weighted by Crippen LogP contribution is 2.48. The molecule has 0 atom stereocenters. The number of ether oxygens (including phenoxy) is 1. The van der Waals surface area contributed by atoms with Crippen LogP contribution in [0.4, 0.5) is 9.80 Å². The highest BCUT2D eigenvalue weighted by molar-refractivity contribution is 7.23. The zero-order valence-corrected chi connectivity index (χ0v) is 18.0. The summed E-state index contributed by atoms with van der Waals surface area (Å²) >= 11 is 1.44. The predicted octanol–water partition coefficient (Wildman–Crippen LogP) is 5.54. The Morgan fingerprint density at radius 3 is 2.53 bits per heavy atom. The third-order valence-electron chi connectivity index (χ3n) is 6.63. The lowest BCUT2D eigenvalue weighted by molar-refractivity contribution is -0.114. The summed E-state index contributed by atoms with van der Waals surface area (Å²) in [5.41, 5.74) is 1.17. The summed E-state index contributed by atoms with van der Waals surface area (Å²) in [4.78, 5) is 29.3. The Bertz CT molecular complexity index is 1260. The molecule has 4 aliphatic rings. The van der Waals surface area contributed by atoms with Gasteiger partial charge in [-0.3, -0.25) is 4.79 Å². The van der Waals surface area contributed by atoms with Crippen LogP contribution >= 0.6 is 11.3 Å².